The predicted molar refractivity (Wildman–Crippen MR) is 172 cm³/mol. The number of carbonyl (C=O) groups is 3. The molecule has 1 aliphatic rings. The van der Waals surface area contributed by atoms with Gasteiger partial charge in [-0.2, -0.15) is 5.10 Å². The van der Waals surface area contributed by atoms with Crippen molar-refractivity contribution in [3.05, 3.63) is 52.6 Å². The first-order valence-electron chi connectivity index (χ1n) is 15.2. The molecule has 0 saturated carbocycles. The summed E-state index contributed by atoms with van der Waals surface area (Å²) in [6, 6.07) is 5.80. The van der Waals surface area contributed by atoms with Crippen molar-refractivity contribution in [1.82, 2.24) is 19.3 Å². The highest BCUT2D eigenvalue weighted by molar-refractivity contribution is 6.04. The number of primary amides is 2. The summed E-state index contributed by atoms with van der Waals surface area (Å²) in [4.78, 5) is 41.8. The van der Waals surface area contributed by atoms with Crippen LogP contribution in [0.15, 0.2) is 24.3 Å². The normalized spacial score (nSPS) is 13.7. The number of aromatic nitrogens is 4. The number of rotatable bonds is 15. The number of halogens is 1. The van der Waals surface area contributed by atoms with E-state index in [0.717, 1.165) is 0 Å². The quantitative estimate of drug-likeness (QED) is 0.0935. The number of anilines is 3. The van der Waals surface area contributed by atoms with Crippen molar-refractivity contribution in [2.45, 2.75) is 45.7 Å². The molecule has 0 spiro atoms. The van der Waals surface area contributed by atoms with Crippen LogP contribution in [0.4, 0.5) is 21.7 Å². The molecule has 0 saturated heterocycles. The maximum atomic E-state index is 14.9. The molecular weight excluding hydrogens is 613 g/mol. The van der Waals surface area contributed by atoms with Crippen LogP contribution in [0.5, 0.6) is 11.5 Å². The minimum atomic E-state index is -0.716. The number of nitrogens with two attached hydrogens (primary N) is 3. The number of hydrogen-bond donors (Lipinski definition) is 5. The maximum Gasteiger partial charge on any atom is 0.279 e. The third-order valence-electron chi connectivity index (χ3n) is 7.81. The van der Waals surface area contributed by atoms with E-state index in [0.29, 0.717) is 72.9 Å². The van der Waals surface area contributed by atoms with Gasteiger partial charge in [-0.3, -0.25) is 24.4 Å². The fourth-order valence-electron chi connectivity index (χ4n) is 5.55. The Hall–Kier alpha value is -5.38. The minimum Gasteiger partial charge on any atom is -0.491 e. The smallest absolute Gasteiger partial charge is 0.279 e. The van der Waals surface area contributed by atoms with Gasteiger partial charge in [0, 0.05) is 44.4 Å². The zero-order valence-corrected chi connectivity index (χ0v) is 26.4. The number of benzene rings is 2. The highest BCUT2D eigenvalue weighted by Gasteiger charge is 2.30. The number of amides is 3. The molecule has 250 valence electrons. The number of methoxy groups -OCH3 is 1. The molecule has 16 heteroatoms. The topological polar surface area (TPSA) is 217 Å². The number of ether oxygens (including phenoxy) is 3. The number of imidazole rings is 1. The number of aryl methyl sites for hydroxylation is 2. The van der Waals surface area contributed by atoms with E-state index in [1.165, 1.54) is 29.8 Å². The molecule has 0 radical (unpaired) electrons. The summed E-state index contributed by atoms with van der Waals surface area (Å²) in [6.07, 6.45) is 1.79. The molecule has 1 atom stereocenters. The van der Waals surface area contributed by atoms with Gasteiger partial charge in [0.05, 0.1) is 29.5 Å². The Bertz CT molecular complexity index is 1840. The molecule has 2 aromatic carbocycles. The Morgan fingerprint density at radius 1 is 1.11 bits per heavy atom. The van der Waals surface area contributed by atoms with Crippen LogP contribution in [0.1, 0.15) is 69.1 Å². The van der Waals surface area contributed by atoms with Crippen LogP contribution < -0.4 is 37.3 Å². The van der Waals surface area contributed by atoms with Crippen LogP contribution in [0, 0.1) is 12.7 Å². The van der Waals surface area contributed by atoms with Crippen LogP contribution in [0.2, 0.25) is 0 Å². The van der Waals surface area contributed by atoms with E-state index in [4.69, 9.17) is 31.4 Å². The highest BCUT2D eigenvalue weighted by atomic mass is 19.1. The average Bonchev–Trinajstić information content (AvgIpc) is 3.55. The van der Waals surface area contributed by atoms with Crippen molar-refractivity contribution in [3.8, 4) is 11.5 Å². The fourth-order valence-corrected chi connectivity index (χ4v) is 5.55. The van der Waals surface area contributed by atoms with Crippen LogP contribution in [-0.4, -0.2) is 70.5 Å². The molecule has 0 fully saturated rings. The molecule has 5 rings (SSSR count). The van der Waals surface area contributed by atoms with E-state index < -0.39 is 23.5 Å². The molecule has 1 aliphatic heterocycles. The first-order chi connectivity index (χ1) is 22.5. The van der Waals surface area contributed by atoms with E-state index >= 15 is 0 Å². The molecule has 0 unspecified atom stereocenters. The molecule has 15 nitrogen and oxygen atoms in total. The Morgan fingerprint density at radius 3 is 2.55 bits per heavy atom. The lowest BCUT2D eigenvalue weighted by Crippen LogP contribution is -2.27. The van der Waals surface area contributed by atoms with Crippen LogP contribution >= 0.6 is 0 Å². The summed E-state index contributed by atoms with van der Waals surface area (Å²) >= 11 is 0. The molecule has 8 N–H and O–H groups in total. The molecule has 47 heavy (non-hydrogen) atoms. The van der Waals surface area contributed by atoms with Gasteiger partial charge in [0.15, 0.2) is 11.5 Å². The van der Waals surface area contributed by atoms with Crippen molar-refractivity contribution in [2.75, 3.05) is 49.8 Å². The lowest BCUT2D eigenvalue weighted by atomic mass is 10.1. The van der Waals surface area contributed by atoms with E-state index in [1.54, 1.807) is 20.1 Å². The van der Waals surface area contributed by atoms with Gasteiger partial charge in [-0.1, -0.05) is 0 Å². The highest BCUT2D eigenvalue weighted by Crippen LogP contribution is 2.39. The number of nitrogens with zero attached hydrogens (tertiary/aromatic N) is 4. The third kappa shape index (κ3) is 6.77. The summed E-state index contributed by atoms with van der Waals surface area (Å²) in [5, 5.41) is 10.2. The summed E-state index contributed by atoms with van der Waals surface area (Å²) in [6.45, 7) is 5.03. The summed E-state index contributed by atoms with van der Waals surface area (Å²) in [5.41, 5.74) is 19.4. The lowest BCUT2D eigenvalue weighted by molar-refractivity contribution is 0.0991. The molecule has 0 aliphatic carbocycles. The maximum absolute atomic E-state index is 14.9. The Kier molecular flexibility index (Phi) is 9.79. The van der Waals surface area contributed by atoms with Crippen molar-refractivity contribution >= 4 is 46.1 Å². The number of carbonyl (C=O) groups excluding carboxylic acids is 3. The average molecular weight is 652 g/mol. The number of nitrogen functional groups attached to an aromatic ring is 1. The minimum absolute atomic E-state index is 0.104. The van der Waals surface area contributed by atoms with Gasteiger partial charge in [0.1, 0.15) is 29.3 Å². The Balaban J connectivity index is 1.38. The zero-order valence-electron chi connectivity index (χ0n) is 26.4. The van der Waals surface area contributed by atoms with Crippen molar-refractivity contribution in [3.63, 3.8) is 0 Å². The van der Waals surface area contributed by atoms with Gasteiger partial charge in [-0.25, -0.2) is 9.37 Å². The standard InChI is InChI=1S/C31H38FN9O6/c1-4-40-27(24(32)16(2)39-40)30(44)38-31-37-21-12-18(29(35)43)14-23-26(21)41(31)19(15-47-23)7-5-8-36-25-20(33)11-17(28(34)42)13-22(25)46-10-6-9-45-3/h11-14,19,36H,4-10,15,33H2,1-3H3,(H2,34,42)(H2,35,43)(H,37,38,44)/t19-/m0/s1. The van der Waals surface area contributed by atoms with E-state index in [2.05, 4.69) is 20.7 Å². The first kappa shape index (κ1) is 33.0. The summed E-state index contributed by atoms with van der Waals surface area (Å²) in [7, 11) is 1.60. The zero-order chi connectivity index (χ0) is 33.8. The largest absolute Gasteiger partial charge is 0.491 e. The molecule has 3 heterocycles. The Labute approximate surface area is 269 Å². The first-order valence-corrected chi connectivity index (χ1v) is 15.2. The second-order valence-electron chi connectivity index (χ2n) is 11.1. The van der Waals surface area contributed by atoms with Gasteiger partial charge >= 0.3 is 0 Å². The van der Waals surface area contributed by atoms with E-state index in [9.17, 15) is 18.8 Å². The second-order valence-corrected chi connectivity index (χ2v) is 11.1. The number of nitrogens with one attached hydrogen (secondary N) is 2. The van der Waals surface area contributed by atoms with Gasteiger partial charge < -0.3 is 41.3 Å². The van der Waals surface area contributed by atoms with E-state index in [1.807, 2.05) is 4.57 Å². The van der Waals surface area contributed by atoms with Gasteiger partial charge in [-0.05, 0) is 51.0 Å². The van der Waals surface area contributed by atoms with Gasteiger partial charge in [0.25, 0.3) is 5.91 Å². The van der Waals surface area contributed by atoms with Crippen LogP contribution in [0.3, 0.4) is 0 Å². The van der Waals surface area contributed by atoms with Crippen molar-refractivity contribution in [2.24, 2.45) is 11.5 Å². The predicted octanol–water partition coefficient (Wildman–Crippen LogP) is 2.97. The summed E-state index contributed by atoms with van der Waals surface area (Å²) < 4.78 is 35.1. The molecule has 3 amide bonds. The van der Waals surface area contributed by atoms with E-state index in [-0.39, 0.29) is 47.7 Å². The van der Waals surface area contributed by atoms with Crippen molar-refractivity contribution < 1.29 is 33.0 Å². The lowest BCUT2D eigenvalue weighted by Gasteiger charge is -2.27. The van der Waals surface area contributed by atoms with Crippen LogP contribution in [0.25, 0.3) is 11.0 Å². The van der Waals surface area contributed by atoms with Gasteiger partial charge in [-0.15, -0.1) is 0 Å². The molecule has 2 aromatic heterocycles. The van der Waals surface area contributed by atoms with Crippen LogP contribution in [-0.2, 0) is 11.3 Å². The molecule has 4 aromatic rings. The molecule has 0 bridgehead atoms. The SMILES string of the molecule is CCn1nc(C)c(F)c1C(=O)Nc1nc2cc(C(N)=O)cc3c2n1[C@@H](CCCNc1c(N)cc(C(N)=O)cc1OCCCOC)CO3. The van der Waals surface area contributed by atoms with Gasteiger partial charge in [0.2, 0.25) is 17.8 Å². The fraction of sp³-hybridized carbons (Fsp3) is 0.387. The molecular formula is C31H38FN9O6. The number of hydrogen-bond acceptors (Lipinski definition) is 10. The summed E-state index contributed by atoms with van der Waals surface area (Å²) in [5.74, 6) is -1.78. The Morgan fingerprint density at radius 2 is 1.85 bits per heavy atom. The van der Waals surface area contributed by atoms with Crippen molar-refractivity contribution in [1.29, 1.82) is 0 Å². The second kappa shape index (κ2) is 13.9. The third-order valence-corrected chi connectivity index (χ3v) is 7.81. The monoisotopic (exact) mass is 651 g/mol.